The largest absolute Gasteiger partial charge is 0.326 e. The Bertz CT molecular complexity index is 755. The normalized spacial score (nSPS) is 9.76. The van der Waals surface area contributed by atoms with Gasteiger partial charge in [0.1, 0.15) is 0 Å². The molecule has 0 aliphatic heterocycles. The fourth-order valence-electron chi connectivity index (χ4n) is 1.78. The minimum atomic E-state index is -0.623. The Morgan fingerprint density at radius 2 is 2.00 bits per heavy atom. The molecule has 2 aromatic rings. The van der Waals surface area contributed by atoms with Gasteiger partial charge >= 0.3 is 0 Å². The molecule has 0 saturated carbocycles. The quantitative estimate of drug-likeness (QED) is 0.941. The molecule has 2 amide bonds. The van der Waals surface area contributed by atoms with Gasteiger partial charge in [0.2, 0.25) is 17.4 Å². The highest BCUT2D eigenvalue weighted by Gasteiger charge is 2.07. The molecule has 1 N–H and O–H groups in total. The van der Waals surface area contributed by atoms with Crippen LogP contribution in [0.4, 0.5) is 5.69 Å². The third kappa shape index (κ3) is 3.90. The first kappa shape index (κ1) is 14.7. The molecule has 0 aliphatic carbocycles. The van der Waals surface area contributed by atoms with Gasteiger partial charge in [0.15, 0.2) is 0 Å². The molecule has 0 spiro atoms. The van der Waals surface area contributed by atoms with Crippen molar-refractivity contribution in [3.05, 3.63) is 48.3 Å². The zero-order valence-corrected chi connectivity index (χ0v) is 11.9. The van der Waals surface area contributed by atoms with Crippen LogP contribution in [-0.4, -0.2) is 21.0 Å². The highest BCUT2D eigenvalue weighted by Crippen LogP contribution is 2.23. The van der Waals surface area contributed by atoms with Crippen molar-refractivity contribution in [2.45, 2.75) is 6.92 Å². The van der Waals surface area contributed by atoms with Gasteiger partial charge in [0.05, 0.1) is 5.56 Å². The number of nitrogens with zero attached hydrogens (tertiary/aromatic N) is 2. The van der Waals surface area contributed by atoms with Crippen molar-refractivity contribution in [3.8, 4) is 11.1 Å². The summed E-state index contributed by atoms with van der Waals surface area (Å²) in [7, 11) is 0. The van der Waals surface area contributed by atoms with E-state index in [1.807, 2.05) is 6.07 Å². The molecule has 1 aromatic heterocycles. The number of hydrogen-bond acceptors (Lipinski definition) is 4. The molecule has 0 fully saturated rings. The fourth-order valence-corrected chi connectivity index (χ4v) is 1.95. The van der Waals surface area contributed by atoms with Gasteiger partial charge in [-0.3, -0.25) is 14.6 Å². The van der Waals surface area contributed by atoms with E-state index in [0.29, 0.717) is 11.3 Å². The SMILES string of the molecule is CC(=O)Nc1cccc(-c2cncc(C(=O)N=S=O)c2)c1. The Balaban J connectivity index is 2.38. The van der Waals surface area contributed by atoms with E-state index in [0.717, 1.165) is 5.56 Å². The zero-order valence-electron chi connectivity index (χ0n) is 11.1. The van der Waals surface area contributed by atoms with Crippen LogP contribution in [0.3, 0.4) is 0 Å². The summed E-state index contributed by atoms with van der Waals surface area (Å²) in [5.41, 5.74) is 2.37. The van der Waals surface area contributed by atoms with E-state index >= 15 is 0 Å². The van der Waals surface area contributed by atoms with Gasteiger partial charge in [-0.05, 0) is 23.8 Å². The van der Waals surface area contributed by atoms with E-state index < -0.39 is 5.91 Å². The summed E-state index contributed by atoms with van der Waals surface area (Å²) in [6, 6.07) is 8.74. The lowest BCUT2D eigenvalue weighted by molar-refractivity contribution is -0.114. The van der Waals surface area contributed by atoms with Crippen LogP contribution in [0.1, 0.15) is 17.3 Å². The van der Waals surface area contributed by atoms with Gasteiger partial charge in [-0.1, -0.05) is 12.1 Å². The minimum Gasteiger partial charge on any atom is -0.326 e. The summed E-state index contributed by atoms with van der Waals surface area (Å²) in [5, 5.41) is 2.68. The van der Waals surface area contributed by atoms with E-state index in [1.54, 1.807) is 30.5 Å². The van der Waals surface area contributed by atoms with E-state index in [-0.39, 0.29) is 22.9 Å². The van der Waals surface area contributed by atoms with Crippen LogP contribution in [-0.2, 0) is 16.3 Å². The monoisotopic (exact) mass is 301 g/mol. The second-order valence-electron chi connectivity index (χ2n) is 4.20. The molecule has 0 bridgehead atoms. The first-order valence-corrected chi connectivity index (χ1v) is 6.67. The summed E-state index contributed by atoms with van der Waals surface area (Å²) in [5.74, 6) is -0.789. The third-order valence-electron chi connectivity index (χ3n) is 2.62. The number of rotatable bonds is 3. The van der Waals surface area contributed by atoms with E-state index in [9.17, 15) is 13.8 Å². The Hall–Kier alpha value is -2.67. The number of carbonyl (C=O) groups is 2. The predicted molar refractivity (Wildman–Crippen MR) is 78.9 cm³/mol. The molecule has 106 valence electrons. The first-order chi connectivity index (χ1) is 10.1. The highest BCUT2D eigenvalue weighted by molar-refractivity contribution is 7.55. The predicted octanol–water partition coefficient (Wildman–Crippen LogP) is 2.24. The van der Waals surface area contributed by atoms with Gasteiger partial charge in [0, 0.05) is 30.6 Å². The maximum atomic E-state index is 11.6. The van der Waals surface area contributed by atoms with E-state index in [4.69, 9.17) is 0 Å². The highest BCUT2D eigenvalue weighted by atomic mass is 32.1. The summed E-state index contributed by atoms with van der Waals surface area (Å²) < 4.78 is 13.5. The number of amides is 2. The molecule has 1 aromatic carbocycles. The molecule has 0 radical (unpaired) electrons. The fraction of sp³-hybridized carbons (Fsp3) is 0.0714. The number of aromatic nitrogens is 1. The van der Waals surface area contributed by atoms with Crippen LogP contribution in [0.25, 0.3) is 11.1 Å². The lowest BCUT2D eigenvalue weighted by Gasteiger charge is -2.06. The first-order valence-electron chi connectivity index (χ1n) is 5.97. The van der Waals surface area contributed by atoms with Gasteiger partial charge < -0.3 is 5.32 Å². The molecule has 0 aliphatic rings. The average Bonchev–Trinajstić information content (AvgIpc) is 2.47. The molecule has 1 heterocycles. The molecule has 21 heavy (non-hydrogen) atoms. The molecular formula is C14H11N3O3S. The smallest absolute Gasteiger partial charge is 0.291 e. The molecular weight excluding hydrogens is 290 g/mol. The van der Waals surface area contributed by atoms with E-state index in [1.165, 1.54) is 13.1 Å². The van der Waals surface area contributed by atoms with Crippen molar-refractivity contribution in [3.63, 3.8) is 0 Å². The van der Waals surface area contributed by atoms with E-state index in [2.05, 4.69) is 14.7 Å². The third-order valence-corrected chi connectivity index (χ3v) is 2.86. The molecule has 0 atom stereocenters. The van der Waals surface area contributed by atoms with Crippen LogP contribution in [0.2, 0.25) is 0 Å². The van der Waals surface area contributed by atoms with Crippen molar-refractivity contribution >= 4 is 29.0 Å². The van der Waals surface area contributed by atoms with Gasteiger partial charge in [-0.15, -0.1) is 4.36 Å². The second-order valence-corrected chi connectivity index (χ2v) is 4.53. The summed E-state index contributed by atoms with van der Waals surface area (Å²) >= 11 is -0.134. The number of benzene rings is 1. The van der Waals surface area contributed by atoms with Gasteiger partial charge in [0.25, 0.3) is 5.91 Å². The zero-order chi connectivity index (χ0) is 15.2. The van der Waals surface area contributed by atoms with Crippen LogP contribution in [0, 0.1) is 0 Å². The van der Waals surface area contributed by atoms with Crippen molar-refractivity contribution in [1.82, 2.24) is 4.98 Å². The Morgan fingerprint density at radius 3 is 2.71 bits per heavy atom. The number of carbonyl (C=O) groups excluding carboxylic acids is 2. The summed E-state index contributed by atoms with van der Waals surface area (Å²) in [4.78, 5) is 26.6. The van der Waals surface area contributed by atoms with Crippen molar-refractivity contribution in [1.29, 1.82) is 0 Å². The standard InChI is InChI=1S/C14H11N3O3S/c1-9(18)16-13-4-2-3-10(6-13)11-5-12(8-15-7-11)14(19)17-21-20/h2-8H,1H3,(H,16,18). The van der Waals surface area contributed by atoms with Crippen molar-refractivity contribution in [2.75, 3.05) is 5.32 Å². The lowest BCUT2D eigenvalue weighted by atomic mass is 10.1. The van der Waals surface area contributed by atoms with Gasteiger partial charge in [-0.2, -0.15) is 4.21 Å². The molecule has 6 nitrogen and oxygen atoms in total. The maximum Gasteiger partial charge on any atom is 0.291 e. The summed E-state index contributed by atoms with van der Waals surface area (Å²) in [6.45, 7) is 1.43. The topological polar surface area (TPSA) is 88.5 Å². The lowest BCUT2D eigenvalue weighted by Crippen LogP contribution is -2.05. The van der Waals surface area contributed by atoms with Crippen molar-refractivity contribution in [2.24, 2.45) is 4.36 Å². The van der Waals surface area contributed by atoms with Crippen LogP contribution in [0.15, 0.2) is 47.1 Å². The van der Waals surface area contributed by atoms with Gasteiger partial charge in [-0.25, -0.2) is 0 Å². The Labute approximate surface area is 124 Å². The second kappa shape index (κ2) is 6.67. The number of nitrogens with one attached hydrogen (secondary N) is 1. The molecule has 2 rings (SSSR count). The molecule has 0 unspecified atom stereocenters. The number of hydrogen-bond donors (Lipinski definition) is 1. The minimum absolute atomic E-state index is 0.134. The van der Waals surface area contributed by atoms with Crippen LogP contribution < -0.4 is 5.32 Å². The number of anilines is 1. The molecule has 0 saturated heterocycles. The Morgan fingerprint density at radius 1 is 1.19 bits per heavy atom. The van der Waals surface area contributed by atoms with Crippen molar-refractivity contribution < 1.29 is 13.8 Å². The van der Waals surface area contributed by atoms with Crippen LogP contribution >= 0.6 is 0 Å². The average molecular weight is 301 g/mol. The summed E-state index contributed by atoms with van der Waals surface area (Å²) in [6.07, 6.45) is 2.94. The molecule has 7 heteroatoms. The maximum absolute atomic E-state index is 11.6. The van der Waals surface area contributed by atoms with Crippen LogP contribution in [0.5, 0.6) is 0 Å². The number of pyridine rings is 1. The Kier molecular flexibility index (Phi) is 4.68.